The number of thiocarbonyl (C=S) groups is 1. The average Bonchev–Trinajstić information content (AvgIpc) is 3.06. The molecule has 0 saturated heterocycles. The zero-order valence-corrected chi connectivity index (χ0v) is 16.7. The van der Waals surface area contributed by atoms with Gasteiger partial charge in [-0.05, 0) is 61.0 Å². The summed E-state index contributed by atoms with van der Waals surface area (Å²) in [6.07, 6.45) is 0.955. The van der Waals surface area contributed by atoms with Crippen LogP contribution in [0.5, 0.6) is 0 Å². The number of carbonyl (C=O) groups excluding carboxylic acids is 1. The van der Waals surface area contributed by atoms with E-state index >= 15 is 0 Å². The largest absolute Gasteiger partial charge is 0.436 e. The van der Waals surface area contributed by atoms with E-state index in [1.807, 2.05) is 51.1 Å². The minimum atomic E-state index is -0.134. The Morgan fingerprint density at radius 3 is 2.70 bits per heavy atom. The zero-order valence-electron chi connectivity index (χ0n) is 15.9. The van der Waals surface area contributed by atoms with Crippen LogP contribution in [0.1, 0.15) is 31.9 Å². The van der Waals surface area contributed by atoms with Crippen LogP contribution in [0.25, 0.3) is 22.6 Å². The lowest BCUT2D eigenvalue weighted by atomic mass is 10.1. The van der Waals surface area contributed by atoms with E-state index in [2.05, 4.69) is 28.6 Å². The fraction of sp³-hybridized carbons (Fsp3) is 0.286. The normalized spacial score (nSPS) is 11.0. The molecular weight excluding hydrogens is 358 g/mol. The average molecular weight is 382 g/mol. The topological polar surface area (TPSA) is 67.2 Å². The molecule has 0 bridgehead atoms. The number of aryl methyl sites for hydroxylation is 2. The molecule has 3 rings (SSSR count). The number of anilines is 1. The number of nitrogens with one attached hydrogen (secondary N) is 2. The highest BCUT2D eigenvalue weighted by molar-refractivity contribution is 7.80. The van der Waals surface area contributed by atoms with Gasteiger partial charge in [0.1, 0.15) is 5.52 Å². The lowest BCUT2D eigenvalue weighted by molar-refractivity contribution is -0.122. The molecule has 6 heteroatoms. The Morgan fingerprint density at radius 1 is 1.22 bits per heavy atom. The van der Waals surface area contributed by atoms with Gasteiger partial charge >= 0.3 is 0 Å². The number of carbonyl (C=O) groups is 1. The number of fused-ring (bicyclic) bond motifs is 1. The summed E-state index contributed by atoms with van der Waals surface area (Å²) in [5.74, 6) is 0.301. The molecule has 2 N–H and O–H groups in total. The van der Waals surface area contributed by atoms with Gasteiger partial charge in [0.15, 0.2) is 10.7 Å². The first-order valence-corrected chi connectivity index (χ1v) is 9.40. The van der Waals surface area contributed by atoms with E-state index in [0.29, 0.717) is 5.89 Å². The van der Waals surface area contributed by atoms with Crippen LogP contribution in [0.4, 0.5) is 5.69 Å². The minimum absolute atomic E-state index is 0.119. The Hall–Kier alpha value is -2.73. The summed E-state index contributed by atoms with van der Waals surface area (Å²) in [7, 11) is 0. The first kappa shape index (κ1) is 19.0. The zero-order chi connectivity index (χ0) is 19.6. The number of oxazole rings is 1. The fourth-order valence-electron chi connectivity index (χ4n) is 2.62. The van der Waals surface area contributed by atoms with Crippen molar-refractivity contribution in [2.45, 2.75) is 34.1 Å². The molecule has 0 radical (unpaired) electrons. The Morgan fingerprint density at radius 2 is 2.00 bits per heavy atom. The van der Waals surface area contributed by atoms with Gasteiger partial charge in [-0.3, -0.25) is 4.79 Å². The Balaban J connectivity index is 1.86. The van der Waals surface area contributed by atoms with Crippen molar-refractivity contribution in [1.82, 2.24) is 10.3 Å². The van der Waals surface area contributed by atoms with E-state index in [9.17, 15) is 4.79 Å². The maximum absolute atomic E-state index is 11.8. The standard InChI is InChI=1S/C21H23N3O2S/c1-5-14-7-9-18-17(10-14)22-20(26-18)15-8-6-13(4)16(11-15)23-21(27)24-19(25)12(2)3/h6-12H,5H2,1-4H3,(H2,23,24,25,27). The van der Waals surface area contributed by atoms with Crippen LogP contribution in [-0.4, -0.2) is 16.0 Å². The van der Waals surface area contributed by atoms with Crippen molar-refractivity contribution in [3.8, 4) is 11.5 Å². The van der Waals surface area contributed by atoms with Gasteiger partial charge in [-0.15, -0.1) is 0 Å². The van der Waals surface area contributed by atoms with Crippen LogP contribution >= 0.6 is 12.2 Å². The third-order valence-electron chi connectivity index (χ3n) is 4.35. The molecule has 0 fully saturated rings. The van der Waals surface area contributed by atoms with Crippen LogP contribution in [0, 0.1) is 12.8 Å². The van der Waals surface area contributed by atoms with E-state index in [-0.39, 0.29) is 16.9 Å². The third-order valence-corrected chi connectivity index (χ3v) is 4.56. The van der Waals surface area contributed by atoms with Crippen LogP contribution in [0.2, 0.25) is 0 Å². The second-order valence-electron chi connectivity index (χ2n) is 6.80. The molecule has 0 saturated carbocycles. The van der Waals surface area contributed by atoms with Crippen molar-refractivity contribution in [2.24, 2.45) is 5.92 Å². The summed E-state index contributed by atoms with van der Waals surface area (Å²) in [6.45, 7) is 7.72. The lowest BCUT2D eigenvalue weighted by Gasteiger charge is -2.13. The molecule has 1 amide bonds. The molecule has 3 aromatic rings. The van der Waals surface area contributed by atoms with Gasteiger partial charge in [0.25, 0.3) is 0 Å². The molecule has 5 nitrogen and oxygen atoms in total. The number of amides is 1. The van der Waals surface area contributed by atoms with E-state index in [4.69, 9.17) is 16.6 Å². The molecule has 140 valence electrons. The molecule has 1 heterocycles. The summed E-state index contributed by atoms with van der Waals surface area (Å²) in [5.41, 5.74) is 5.48. The summed E-state index contributed by atoms with van der Waals surface area (Å²) in [6, 6.07) is 11.9. The minimum Gasteiger partial charge on any atom is -0.436 e. The van der Waals surface area contributed by atoms with Crippen molar-refractivity contribution < 1.29 is 9.21 Å². The molecule has 0 aliphatic heterocycles. The molecule has 0 aliphatic rings. The molecular formula is C21H23N3O2S. The van der Waals surface area contributed by atoms with Crippen LogP contribution in [0.3, 0.4) is 0 Å². The first-order valence-electron chi connectivity index (χ1n) is 8.99. The number of rotatable bonds is 4. The highest BCUT2D eigenvalue weighted by Crippen LogP contribution is 2.28. The SMILES string of the molecule is CCc1ccc2oc(-c3ccc(C)c(NC(=S)NC(=O)C(C)C)c3)nc2c1. The smallest absolute Gasteiger partial charge is 0.228 e. The Kier molecular flexibility index (Phi) is 5.56. The quantitative estimate of drug-likeness (QED) is 0.633. The third kappa shape index (κ3) is 4.34. The highest BCUT2D eigenvalue weighted by atomic mass is 32.1. The second-order valence-corrected chi connectivity index (χ2v) is 7.21. The molecule has 2 aromatic carbocycles. The molecule has 0 aliphatic carbocycles. The van der Waals surface area contributed by atoms with Crippen molar-refractivity contribution in [3.63, 3.8) is 0 Å². The maximum Gasteiger partial charge on any atom is 0.228 e. The Bertz CT molecular complexity index is 1010. The number of benzene rings is 2. The van der Waals surface area contributed by atoms with Crippen molar-refractivity contribution in [3.05, 3.63) is 47.5 Å². The highest BCUT2D eigenvalue weighted by Gasteiger charge is 2.13. The number of nitrogens with zero attached hydrogens (tertiary/aromatic N) is 1. The van der Waals surface area contributed by atoms with Crippen molar-refractivity contribution >= 4 is 40.0 Å². The number of hydrogen-bond donors (Lipinski definition) is 2. The van der Waals surface area contributed by atoms with Gasteiger partial charge in [-0.2, -0.15) is 0 Å². The number of aromatic nitrogens is 1. The lowest BCUT2D eigenvalue weighted by Crippen LogP contribution is -2.36. The number of hydrogen-bond acceptors (Lipinski definition) is 4. The van der Waals surface area contributed by atoms with Gasteiger partial charge in [0.05, 0.1) is 0 Å². The van der Waals surface area contributed by atoms with E-state index < -0.39 is 0 Å². The molecule has 27 heavy (non-hydrogen) atoms. The van der Waals surface area contributed by atoms with Gasteiger partial charge in [-0.25, -0.2) is 4.98 Å². The van der Waals surface area contributed by atoms with Crippen LogP contribution in [0.15, 0.2) is 40.8 Å². The summed E-state index contributed by atoms with van der Waals surface area (Å²) in [5, 5.41) is 6.06. The Labute approximate surface area is 164 Å². The van der Waals surface area contributed by atoms with Gasteiger partial charge in [0, 0.05) is 17.2 Å². The predicted octanol–water partition coefficient (Wildman–Crippen LogP) is 4.83. The van der Waals surface area contributed by atoms with E-state index in [0.717, 1.165) is 34.3 Å². The van der Waals surface area contributed by atoms with Gasteiger partial charge in [0.2, 0.25) is 11.8 Å². The van der Waals surface area contributed by atoms with Crippen LogP contribution in [-0.2, 0) is 11.2 Å². The van der Waals surface area contributed by atoms with E-state index in [1.165, 1.54) is 5.56 Å². The van der Waals surface area contributed by atoms with Gasteiger partial charge < -0.3 is 15.1 Å². The summed E-state index contributed by atoms with van der Waals surface area (Å²) < 4.78 is 5.91. The second kappa shape index (κ2) is 7.88. The molecule has 1 aromatic heterocycles. The van der Waals surface area contributed by atoms with Crippen LogP contribution < -0.4 is 10.6 Å². The van der Waals surface area contributed by atoms with Crippen molar-refractivity contribution in [1.29, 1.82) is 0 Å². The van der Waals surface area contributed by atoms with Crippen molar-refractivity contribution in [2.75, 3.05) is 5.32 Å². The van der Waals surface area contributed by atoms with Gasteiger partial charge in [-0.1, -0.05) is 32.9 Å². The first-order chi connectivity index (χ1) is 12.9. The summed E-state index contributed by atoms with van der Waals surface area (Å²) in [4.78, 5) is 16.4. The molecule has 0 atom stereocenters. The predicted molar refractivity (Wildman–Crippen MR) is 113 cm³/mol. The fourth-order valence-corrected chi connectivity index (χ4v) is 2.83. The maximum atomic E-state index is 11.8. The molecule has 0 unspecified atom stereocenters. The van der Waals surface area contributed by atoms with E-state index in [1.54, 1.807) is 0 Å². The monoisotopic (exact) mass is 381 g/mol. The summed E-state index contributed by atoms with van der Waals surface area (Å²) >= 11 is 5.25. The molecule has 0 spiro atoms.